The summed E-state index contributed by atoms with van der Waals surface area (Å²) in [5.74, 6) is -0.0223. The van der Waals surface area contributed by atoms with Gasteiger partial charge < -0.3 is 10.2 Å². The van der Waals surface area contributed by atoms with Crippen LogP contribution < -0.4 is 5.73 Å². The summed E-state index contributed by atoms with van der Waals surface area (Å²) < 4.78 is 19.0. The maximum Gasteiger partial charge on any atom is 0.192 e. The first-order valence-corrected chi connectivity index (χ1v) is 4.68. The van der Waals surface area contributed by atoms with Crippen LogP contribution in [0.5, 0.6) is 0 Å². The molecular formula is C8H6FIN2O. The molecule has 2 rings (SSSR count). The number of nitrogens with two attached hydrogens (primary N) is 1. The standard InChI is InChI=1S/C8H6FIN2O/c1-3-12-7-6(10)5(11)2-4(9)8(7)13-3/h2H,11H2,1H3. The molecule has 0 aliphatic rings. The molecule has 13 heavy (non-hydrogen) atoms. The Balaban J connectivity index is 2.95. The zero-order valence-corrected chi connectivity index (χ0v) is 8.92. The van der Waals surface area contributed by atoms with Gasteiger partial charge in [-0.1, -0.05) is 0 Å². The molecule has 0 unspecified atom stereocenters. The van der Waals surface area contributed by atoms with Crippen molar-refractivity contribution in [1.82, 2.24) is 4.98 Å². The van der Waals surface area contributed by atoms with Crippen molar-refractivity contribution < 1.29 is 8.81 Å². The van der Waals surface area contributed by atoms with Gasteiger partial charge in [0.05, 0.1) is 9.26 Å². The highest BCUT2D eigenvalue weighted by molar-refractivity contribution is 14.1. The Morgan fingerprint density at radius 1 is 1.62 bits per heavy atom. The monoisotopic (exact) mass is 292 g/mol. The van der Waals surface area contributed by atoms with Crippen LogP contribution in [-0.4, -0.2) is 4.98 Å². The first-order chi connectivity index (χ1) is 6.09. The third-order valence-corrected chi connectivity index (χ3v) is 2.83. The number of hydrogen-bond donors (Lipinski definition) is 1. The minimum absolute atomic E-state index is 0.177. The smallest absolute Gasteiger partial charge is 0.192 e. The van der Waals surface area contributed by atoms with Crippen LogP contribution in [0.2, 0.25) is 0 Å². The first-order valence-electron chi connectivity index (χ1n) is 3.60. The van der Waals surface area contributed by atoms with Crippen molar-refractivity contribution in [1.29, 1.82) is 0 Å². The van der Waals surface area contributed by atoms with E-state index < -0.39 is 5.82 Å². The number of rotatable bonds is 0. The van der Waals surface area contributed by atoms with Crippen LogP contribution in [0.4, 0.5) is 10.1 Å². The lowest BCUT2D eigenvalue weighted by Gasteiger charge is -1.97. The van der Waals surface area contributed by atoms with Gasteiger partial charge in [-0.25, -0.2) is 9.37 Å². The van der Waals surface area contributed by atoms with Gasteiger partial charge in [-0.15, -0.1) is 0 Å². The summed E-state index contributed by atoms with van der Waals surface area (Å²) >= 11 is 2.02. The largest absolute Gasteiger partial charge is 0.438 e. The molecule has 2 aromatic rings. The van der Waals surface area contributed by atoms with Gasteiger partial charge in [0, 0.05) is 13.0 Å². The number of benzene rings is 1. The van der Waals surface area contributed by atoms with Crippen molar-refractivity contribution in [2.75, 3.05) is 5.73 Å². The minimum Gasteiger partial charge on any atom is -0.438 e. The van der Waals surface area contributed by atoms with Crippen LogP contribution >= 0.6 is 22.6 Å². The molecule has 0 bridgehead atoms. The van der Waals surface area contributed by atoms with Crippen molar-refractivity contribution >= 4 is 39.4 Å². The minimum atomic E-state index is -0.464. The Bertz CT molecular complexity index is 480. The van der Waals surface area contributed by atoms with Gasteiger partial charge in [0.15, 0.2) is 17.3 Å². The number of aromatic nitrogens is 1. The lowest BCUT2D eigenvalue weighted by molar-refractivity contribution is 0.528. The molecule has 0 spiro atoms. The maximum atomic E-state index is 13.2. The topological polar surface area (TPSA) is 52.0 Å². The van der Waals surface area contributed by atoms with Gasteiger partial charge >= 0.3 is 0 Å². The zero-order chi connectivity index (χ0) is 9.59. The Hall–Kier alpha value is -0.850. The van der Waals surface area contributed by atoms with E-state index in [-0.39, 0.29) is 5.58 Å². The highest BCUT2D eigenvalue weighted by Crippen LogP contribution is 2.28. The van der Waals surface area contributed by atoms with E-state index >= 15 is 0 Å². The third-order valence-electron chi connectivity index (χ3n) is 1.69. The average molecular weight is 292 g/mol. The van der Waals surface area contributed by atoms with Crippen LogP contribution in [0.3, 0.4) is 0 Å². The Kier molecular flexibility index (Phi) is 1.90. The van der Waals surface area contributed by atoms with Gasteiger partial charge in [0.25, 0.3) is 0 Å². The van der Waals surface area contributed by atoms with E-state index in [9.17, 15) is 4.39 Å². The van der Waals surface area contributed by atoms with Crippen molar-refractivity contribution in [3.8, 4) is 0 Å². The summed E-state index contributed by atoms with van der Waals surface area (Å²) in [5, 5.41) is 0. The number of anilines is 1. The van der Waals surface area contributed by atoms with Crippen molar-refractivity contribution in [2.24, 2.45) is 0 Å². The zero-order valence-electron chi connectivity index (χ0n) is 6.77. The fourth-order valence-corrected chi connectivity index (χ4v) is 1.66. The fourth-order valence-electron chi connectivity index (χ4n) is 1.14. The quantitative estimate of drug-likeness (QED) is 0.599. The van der Waals surface area contributed by atoms with E-state index in [1.165, 1.54) is 6.07 Å². The highest BCUT2D eigenvalue weighted by atomic mass is 127. The van der Waals surface area contributed by atoms with E-state index in [0.717, 1.165) is 3.57 Å². The molecule has 3 nitrogen and oxygen atoms in total. The van der Waals surface area contributed by atoms with Crippen LogP contribution in [0.25, 0.3) is 11.1 Å². The molecule has 1 aromatic carbocycles. The number of fused-ring (bicyclic) bond motifs is 1. The van der Waals surface area contributed by atoms with Crippen LogP contribution in [-0.2, 0) is 0 Å². The SMILES string of the molecule is Cc1nc2c(I)c(N)cc(F)c2o1. The first kappa shape index (κ1) is 8.74. The summed E-state index contributed by atoms with van der Waals surface area (Å²) in [6.45, 7) is 1.67. The van der Waals surface area contributed by atoms with Crippen molar-refractivity contribution in [3.05, 3.63) is 21.3 Å². The van der Waals surface area contributed by atoms with Crippen LogP contribution in [0.1, 0.15) is 5.89 Å². The number of aryl methyl sites for hydroxylation is 1. The van der Waals surface area contributed by atoms with E-state index in [0.29, 0.717) is 17.1 Å². The van der Waals surface area contributed by atoms with Gasteiger partial charge in [-0.3, -0.25) is 0 Å². The van der Waals surface area contributed by atoms with E-state index in [1.54, 1.807) is 6.92 Å². The second-order valence-corrected chi connectivity index (χ2v) is 3.75. The molecule has 5 heteroatoms. The number of hydrogen-bond acceptors (Lipinski definition) is 3. The molecule has 0 fully saturated rings. The number of oxazole rings is 1. The van der Waals surface area contributed by atoms with E-state index in [4.69, 9.17) is 10.2 Å². The molecule has 0 aliphatic heterocycles. The summed E-state index contributed by atoms with van der Waals surface area (Å²) in [7, 11) is 0. The Morgan fingerprint density at radius 3 is 3.00 bits per heavy atom. The molecule has 0 aliphatic carbocycles. The van der Waals surface area contributed by atoms with Crippen molar-refractivity contribution in [3.63, 3.8) is 0 Å². The lowest BCUT2D eigenvalue weighted by atomic mass is 10.3. The second kappa shape index (κ2) is 2.83. The van der Waals surface area contributed by atoms with Gasteiger partial charge in [-0.2, -0.15) is 0 Å². The number of nitrogens with zero attached hydrogens (tertiary/aromatic N) is 1. The predicted molar refractivity (Wildman–Crippen MR) is 55.8 cm³/mol. The molecule has 0 radical (unpaired) electrons. The van der Waals surface area contributed by atoms with Crippen molar-refractivity contribution in [2.45, 2.75) is 6.92 Å². The molecule has 2 N–H and O–H groups in total. The molecule has 0 atom stereocenters. The Labute approximate surface area is 87.3 Å². The lowest BCUT2D eigenvalue weighted by Crippen LogP contribution is -1.92. The summed E-state index contributed by atoms with van der Waals surface area (Å²) in [6, 6.07) is 1.24. The molecule has 0 amide bonds. The molecule has 0 saturated heterocycles. The van der Waals surface area contributed by atoms with Gasteiger partial charge in [-0.05, 0) is 22.6 Å². The average Bonchev–Trinajstić information content (AvgIpc) is 2.44. The molecule has 0 saturated carbocycles. The normalized spacial score (nSPS) is 11.0. The fraction of sp³-hybridized carbons (Fsp3) is 0.125. The van der Waals surface area contributed by atoms with Crippen LogP contribution in [0, 0.1) is 16.3 Å². The van der Waals surface area contributed by atoms with E-state index in [2.05, 4.69) is 4.98 Å². The molecule has 1 heterocycles. The maximum absolute atomic E-state index is 13.2. The second-order valence-electron chi connectivity index (χ2n) is 2.67. The van der Waals surface area contributed by atoms with Crippen LogP contribution in [0.15, 0.2) is 10.5 Å². The van der Waals surface area contributed by atoms with Gasteiger partial charge in [0.2, 0.25) is 0 Å². The highest BCUT2D eigenvalue weighted by Gasteiger charge is 2.13. The summed E-state index contributed by atoms with van der Waals surface area (Å²) in [5.41, 5.74) is 6.63. The summed E-state index contributed by atoms with van der Waals surface area (Å²) in [4.78, 5) is 4.04. The van der Waals surface area contributed by atoms with E-state index in [1.807, 2.05) is 22.6 Å². The summed E-state index contributed by atoms with van der Waals surface area (Å²) in [6.07, 6.45) is 0. The number of nitrogen functional groups attached to an aromatic ring is 1. The van der Waals surface area contributed by atoms with Gasteiger partial charge in [0.1, 0.15) is 5.52 Å². The molecule has 1 aromatic heterocycles. The molecular weight excluding hydrogens is 286 g/mol. The molecule has 68 valence electrons. The predicted octanol–water partition coefficient (Wildman–Crippen LogP) is 2.46. The number of halogens is 2. The Morgan fingerprint density at radius 2 is 2.31 bits per heavy atom. The third kappa shape index (κ3) is 1.27.